The maximum Gasteiger partial charge on any atom is 0.326 e. The summed E-state index contributed by atoms with van der Waals surface area (Å²) in [6.07, 6.45) is 3.63. The Labute approximate surface area is 95.2 Å². The molecule has 92 valence electrons. The largest absolute Gasteiger partial charge is 0.480 e. The number of carboxylic acid groups (broad SMARTS) is 1. The van der Waals surface area contributed by atoms with Crippen molar-refractivity contribution in [2.75, 3.05) is 6.61 Å². The quantitative estimate of drug-likeness (QED) is 0.735. The number of rotatable bonds is 5. The lowest BCUT2D eigenvalue weighted by atomic mass is 10.1. The second-order valence-electron chi connectivity index (χ2n) is 4.06. The van der Waals surface area contributed by atoms with Crippen molar-refractivity contribution in [3.8, 4) is 0 Å². The van der Waals surface area contributed by atoms with Gasteiger partial charge < -0.3 is 15.2 Å². The number of ether oxygens (including phenoxy) is 1. The molecule has 2 unspecified atom stereocenters. The summed E-state index contributed by atoms with van der Waals surface area (Å²) in [6, 6.07) is -0.781. The highest BCUT2D eigenvalue weighted by Gasteiger charge is 2.21. The van der Waals surface area contributed by atoms with E-state index in [0.29, 0.717) is 13.0 Å². The second-order valence-corrected chi connectivity index (χ2v) is 4.06. The van der Waals surface area contributed by atoms with Crippen LogP contribution in [-0.2, 0) is 14.3 Å². The average Bonchev–Trinajstić information content (AvgIpc) is 2.27. The van der Waals surface area contributed by atoms with Crippen LogP contribution < -0.4 is 5.32 Å². The summed E-state index contributed by atoms with van der Waals surface area (Å²) in [6.45, 7) is 2.43. The predicted molar refractivity (Wildman–Crippen MR) is 58.1 cm³/mol. The van der Waals surface area contributed by atoms with E-state index in [1.807, 2.05) is 0 Å². The summed E-state index contributed by atoms with van der Waals surface area (Å²) in [5.41, 5.74) is 0. The minimum absolute atomic E-state index is 0.0416. The van der Waals surface area contributed by atoms with Crippen molar-refractivity contribution >= 4 is 11.9 Å². The molecule has 0 saturated carbocycles. The van der Waals surface area contributed by atoms with Gasteiger partial charge in [0.05, 0.1) is 12.5 Å². The predicted octanol–water partition coefficient (Wildman–Crippen LogP) is 0.925. The molecule has 0 aromatic carbocycles. The van der Waals surface area contributed by atoms with E-state index in [-0.39, 0.29) is 18.4 Å². The topological polar surface area (TPSA) is 75.6 Å². The molecule has 0 radical (unpaired) electrons. The lowest BCUT2D eigenvalue weighted by molar-refractivity contribution is -0.142. The van der Waals surface area contributed by atoms with Gasteiger partial charge in [-0.3, -0.25) is 4.79 Å². The van der Waals surface area contributed by atoms with Crippen molar-refractivity contribution in [3.05, 3.63) is 0 Å². The molecule has 1 heterocycles. The molecule has 5 nitrogen and oxygen atoms in total. The Morgan fingerprint density at radius 1 is 1.50 bits per heavy atom. The monoisotopic (exact) mass is 229 g/mol. The van der Waals surface area contributed by atoms with Gasteiger partial charge in [-0.05, 0) is 25.7 Å². The summed E-state index contributed by atoms with van der Waals surface area (Å²) in [5, 5.41) is 11.3. The van der Waals surface area contributed by atoms with Crippen molar-refractivity contribution < 1.29 is 19.4 Å². The highest BCUT2D eigenvalue weighted by Crippen LogP contribution is 2.15. The molecule has 0 aromatic rings. The van der Waals surface area contributed by atoms with Crippen molar-refractivity contribution in [2.24, 2.45) is 0 Å². The molecule has 1 aliphatic rings. The molecule has 0 spiro atoms. The fourth-order valence-electron chi connectivity index (χ4n) is 1.77. The van der Waals surface area contributed by atoms with E-state index >= 15 is 0 Å². The smallest absolute Gasteiger partial charge is 0.326 e. The molecule has 16 heavy (non-hydrogen) atoms. The summed E-state index contributed by atoms with van der Waals surface area (Å²) < 4.78 is 5.42. The van der Waals surface area contributed by atoms with E-state index < -0.39 is 12.0 Å². The number of amides is 1. The van der Waals surface area contributed by atoms with Crippen LogP contribution in [0.2, 0.25) is 0 Å². The number of carbonyl (C=O) groups is 2. The van der Waals surface area contributed by atoms with Crippen molar-refractivity contribution in [1.82, 2.24) is 5.32 Å². The average molecular weight is 229 g/mol. The van der Waals surface area contributed by atoms with Crippen LogP contribution in [0.3, 0.4) is 0 Å². The molecular weight excluding hydrogens is 210 g/mol. The number of aliphatic carboxylic acids is 1. The highest BCUT2D eigenvalue weighted by molar-refractivity contribution is 5.83. The van der Waals surface area contributed by atoms with Crippen molar-refractivity contribution in [1.29, 1.82) is 0 Å². The van der Waals surface area contributed by atoms with Gasteiger partial charge in [-0.2, -0.15) is 0 Å². The first-order valence-electron chi connectivity index (χ1n) is 5.77. The van der Waals surface area contributed by atoms with Crippen LogP contribution in [0.1, 0.15) is 39.0 Å². The van der Waals surface area contributed by atoms with Crippen LogP contribution in [0, 0.1) is 0 Å². The maximum absolute atomic E-state index is 11.5. The molecular formula is C11H19NO4. The van der Waals surface area contributed by atoms with Gasteiger partial charge in [0.25, 0.3) is 0 Å². The number of nitrogens with one attached hydrogen (secondary N) is 1. The van der Waals surface area contributed by atoms with Gasteiger partial charge in [-0.1, -0.05) is 6.92 Å². The third-order valence-electron chi connectivity index (χ3n) is 2.73. The molecule has 2 N–H and O–H groups in total. The van der Waals surface area contributed by atoms with E-state index in [9.17, 15) is 9.59 Å². The van der Waals surface area contributed by atoms with Gasteiger partial charge in [0.2, 0.25) is 5.91 Å². The summed E-state index contributed by atoms with van der Waals surface area (Å²) >= 11 is 0. The molecule has 5 heteroatoms. The lowest BCUT2D eigenvalue weighted by Gasteiger charge is -2.22. The van der Waals surface area contributed by atoms with E-state index in [0.717, 1.165) is 19.3 Å². The minimum atomic E-state index is -0.986. The normalized spacial score (nSPS) is 22.4. The first-order chi connectivity index (χ1) is 7.63. The van der Waals surface area contributed by atoms with Crippen molar-refractivity contribution in [3.63, 3.8) is 0 Å². The van der Waals surface area contributed by atoms with Crippen LogP contribution >= 0.6 is 0 Å². The Morgan fingerprint density at radius 2 is 2.25 bits per heavy atom. The SMILES string of the molecule is CCC(NC(=O)CC1CCCCO1)C(=O)O. The third-order valence-corrected chi connectivity index (χ3v) is 2.73. The minimum Gasteiger partial charge on any atom is -0.480 e. The zero-order valence-electron chi connectivity index (χ0n) is 9.57. The molecule has 2 atom stereocenters. The molecule has 1 rings (SSSR count). The Kier molecular flexibility index (Phi) is 5.25. The number of hydrogen-bond acceptors (Lipinski definition) is 3. The Hall–Kier alpha value is -1.10. The van der Waals surface area contributed by atoms with Gasteiger partial charge in [0, 0.05) is 6.61 Å². The third kappa shape index (κ3) is 4.18. The first-order valence-corrected chi connectivity index (χ1v) is 5.77. The Bertz CT molecular complexity index is 248. The number of carboxylic acids is 1. The second kappa shape index (κ2) is 6.48. The van der Waals surface area contributed by atoms with Gasteiger partial charge in [-0.15, -0.1) is 0 Å². The standard InChI is InChI=1S/C11H19NO4/c1-2-9(11(14)15)12-10(13)7-8-5-3-4-6-16-8/h8-9H,2-7H2,1H3,(H,12,13)(H,14,15). The van der Waals surface area contributed by atoms with Gasteiger partial charge >= 0.3 is 5.97 Å². The molecule has 1 fully saturated rings. The molecule has 1 amide bonds. The maximum atomic E-state index is 11.5. The Morgan fingerprint density at radius 3 is 2.75 bits per heavy atom. The van der Waals surface area contributed by atoms with E-state index in [4.69, 9.17) is 9.84 Å². The zero-order valence-corrected chi connectivity index (χ0v) is 9.57. The van der Waals surface area contributed by atoms with Crippen molar-refractivity contribution in [2.45, 2.75) is 51.2 Å². The molecule has 1 saturated heterocycles. The lowest BCUT2D eigenvalue weighted by Crippen LogP contribution is -2.41. The van der Waals surface area contributed by atoms with Crippen LogP contribution in [0.4, 0.5) is 0 Å². The molecule has 1 aliphatic heterocycles. The van der Waals surface area contributed by atoms with E-state index in [1.54, 1.807) is 6.92 Å². The van der Waals surface area contributed by atoms with Crippen LogP contribution in [0.15, 0.2) is 0 Å². The van der Waals surface area contributed by atoms with Crippen LogP contribution in [0.25, 0.3) is 0 Å². The van der Waals surface area contributed by atoms with Gasteiger partial charge in [0.15, 0.2) is 0 Å². The van der Waals surface area contributed by atoms with Gasteiger partial charge in [-0.25, -0.2) is 4.79 Å². The summed E-state index contributed by atoms with van der Waals surface area (Å²) in [4.78, 5) is 22.2. The zero-order chi connectivity index (χ0) is 12.0. The number of hydrogen-bond donors (Lipinski definition) is 2. The summed E-state index contributed by atoms with van der Waals surface area (Å²) in [7, 11) is 0. The van der Waals surface area contributed by atoms with Crippen LogP contribution in [0.5, 0.6) is 0 Å². The summed E-state index contributed by atoms with van der Waals surface area (Å²) in [5.74, 6) is -1.22. The molecule has 0 aromatic heterocycles. The number of carbonyl (C=O) groups excluding carboxylic acids is 1. The highest BCUT2D eigenvalue weighted by atomic mass is 16.5. The molecule has 0 aliphatic carbocycles. The fraction of sp³-hybridized carbons (Fsp3) is 0.818. The van der Waals surface area contributed by atoms with E-state index in [1.165, 1.54) is 0 Å². The fourth-order valence-corrected chi connectivity index (χ4v) is 1.77. The van der Waals surface area contributed by atoms with E-state index in [2.05, 4.69) is 5.32 Å². The first kappa shape index (κ1) is 13.0. The van der Waals surface area contributed by atoms with Crippen LogP contribution in [-0.4, -0.2) is 35.7 Å². The Balaban J connectivity index is 2.31. The molecule has 0 bridgehead atoms. The van der Waals surface area contributed by atoms with Gasteiger partial charge in [0.1, 0.15) is 6.04 Å².